The third-order valence-electron chi connectivity index (χ3n) is 3.54. The van der Waals surface area contributed by atoms with E-state index in [1.807, 2.05) is 23.3 Å². The van der Waals surface area contributed by atoms with Crippen molar-refractivity contribution in [3.8, 4) is 0 Å². The second-order valence-electron chi connectivity index (χ2n) is 5.17. The van der Waals surface area contributed by atoms with Gasteiger partial charge in [-0.05, 0) is 13.3 Å². The summed E-state index contributed by atoms with van der Waals surface area (Å²) in [5.41, 5.74) is 0.917. The molecule has 7 heteroatoms. The van der Waals surface area contributed by atoms with Gasteiger partial charge in [-0.2, -0.15) is 0 Å². The number of carbonyl (C=O) groups is 1. The predicted molar refractivity (Wildman–Crippen MR) is 81.8 cm³/mol. The maximum absolute atomic E-state index is 11.4. The normalized spacial score (nSPS) is 18.0. The highest BCUT2D eigenvalue weighted by atomic mass is 32.1. The van der Waals surface area contributed by atoms with Gasteiger partial charge in [0.05, 0.1) is 0 Å². The molecule has 3 heterocycles. The summed E-state index contributed by atoms with van der Waals surface area (Å²) in [6, 6.07) is 1.91. The fraction of sp³-hybridized carbons (Fsp3) is 0.429. The van der Waals surface area contributed by atoms with Crippen LogP contribution in [-0.4, -0.2) is 38.8 Å². The molecule has 1 saturated heterocycles. The van der Waals surface area contributed by atoms with E-state index >= 15 is 0 Å². The molecule has 0 saturated carbocycles. The maximum atomic E-state index is 11.4. The zero-order valence-electron chi connectivity index (χ0n) is 12.0. The summed E-state index contributed by atoms with van der Waals surface area (Å²) in [6.45, 7) is 5.05. The smallest absolute Gasteiger partial charge is 0.219 e. The van der Waals surface area contributed by atoms with Crippen LogP contribution in [0.15, 0.2) is 17.6 Å². The molecule has 0 radical (unpaired) electrons. The number of hydrogen-bond acceptors (Lipinski definition) is 6. The molecule has 3 rings (SSSR count). The zero-order valence-corrected chi connectivity index (χ0v) is 12.9. The lowest BCUT2D eigenvalue weighted by atomic mass is 10.1. The molecule has 0 aliphatic carbocycles. The van der Waals surface area contributed by atoms with Crippen LogP contribution in [0.2, 0.25) is 0 Å². The van der Waals surface area contributed by atoms with Crippen molar-refractivity contribution in [3.05, 3.63) is 29.2 Å². The summed E-state index contributed by atoms with van der Waals surface area (Å²) in [4.78, 5) is 26.6. The zero-order chi connectivity index (χ0) is 14.8. The summed E-state index contributed by atoms with van der Waals surface area (Å²) in [5, 5.41) is 5.93. The van der Waals surface area contributed by atoms with Gasteiger partial charge in [-0.3, -0.25) is 4.79 Å². The number of hydrogen-bond donors (Lipinski definition) is 1. The molecular formula is C14H17N5OS. The van der Waals surface area contributed by atoms with Gasteiger partial charge in [-0.1, -0.05) is 0 Å². The standard InChI is InChI=1S/C14H17N5OS/c1-9-7-12(18-14-15-4-6-21-14)17-13(16-9)11-3-5-19(8-11)10(2)20/h4,6-7,11H,3,5,8H2,1-2H3,(H,15,16,17,18). The molecule has 1 fully saturated rings. The monoisotopic (exact) mass is 303 g/mol. The quantitative estimate of drug-likeness (QED) is 0.942. The van der Waals surface area contributed by atoms with Crippen molar-refractivity contribution in [2.45, 2.75) is 26.2 Å². The van der Waals surface area contributed by atoms with Crippen molar-refractivity contribution >= 4 is 28.2 Å². The molecule has 21 heavy (non-hydrogen) atoms. The fourth-order valence-corrected chi connectivity index (χ4v) is 3.03. The van der Waals surface area contributed by atoms with E-state index in [0.29, 0.717) is 6.54 Å². The number of anilines is 2. The number of nitrogens with zero attached hydrogens (tertiary/aromatic N) is 4. The van der Waals surface area contributed by atoms with Crippen molar-refractivity contribution < 1.29 is 4.79 Å². The Hall–Kier alpha value is -2.02. The van der Waals surface area contributed by atoms with E-state index in [4.69, 9.17) is 0 Å². The Balaban J connectivity index is 1.80. The highest BCUT2D eigenvalue weighted by Gasteiger charge is 2.27. The topological polar surface area (TPSA) is 71.0 Å². The highest BCUT2D eigenvalue weighted by Crippen LogP contribution is 2.26. The Morgan fingerprint density at radius 2 is 2.33 bits per heavy atom. The molecule has 110 valence electrons. The summed E-state index contributed by atoms with van der Waals surface area (Å²) in [5.74, 6) is 1.89. The van der Waals surface area contributed by atoms with Crippen molar-refractivity contribution in [3.63, 3.8) is 0 Å². The number of thiazole rings is 1. The number of carbonyl (C=O) groups excluding carboxylic acids is 1. The second kappa shape index (κ2) is 5.77. The van der Waals surface area contributed by atoms with E-state index < -0.39 is 0 Å². The third-order valence-corrected chi connectivity index (χ3v) is 4.23. The Labute approximate surface area is 127 Å². The van der Waals surface area contributed by atoms with Gasteiger partial charge in [0.2, 0.25) is 5.91 Å². The van der Waals surface area contributed by atoms with Crippen LogP contribution in [0.25, 0.3) is 0 Å². The van der Waals surface area contributed by atoms with Crippen molar-refractivity contribution in [2.24, 2.45) is 0 Å². The Morgan fingerprint density at radius 1 is 1.48 bits per heavy atom. The average Bonchev–Trinajstić information content (AvgIpc) is 3.08. The molecule has 0 bridgehead atoms. The maximum Gasteiger partial charge on any atom is 0.219 e. The summed E-state index contributed by atoms with van der Waals surface area (Å²) < 4.78 is 0. The lowest BCUT2D eigenvalue weighted by molar-refractivity contribution is -0.127. The molecule has 2 aromatic rings. The Morgan fingerprint density at radius 3 is 3.00 bits per heavy atom. The first kappa shape index (κ1) is 13.9. The van der Waals surface area contributed by atoms with Crippen molar-refractivity contribution in [1.82, 2.24) is 19.9 Å². The molecule has 1 atom stereocenters. The SMILES string of the molecule is CC(=O)N1CCC(c2nc(C)cc(Nc3nccs3)n2)C1. The van der Waals surface area contributed by atoms with Gasteiger partial charge in [0.15, 0.2) is 5.13 Å². The summed E-state index contributed by atoms with van der Waals surface area (Å²) in [7, 11) is 0. The van der Waals surface area contributed by atoms with Gasteiger partial charge in [-0.15, -0.1) is 11.3 Å². The highest BCUT2D eigenvalue weighted by molar-refractivity contribution is 7.13. The third kappa shape index (κ3) is 3.18. The first-order valence-corrected chi connectivity index (χ1v) is 7.77. The lowest BCUT2D eigenvalue weighted by Crippen LogP contribution is -2.25. The molecule has 1 aliphatic heterocycles. The van der Waals surface area contributed by atoms with Crippen LogP contribution < -0.4 is 5.32 Å². The average molecular weight is 303 g/mol. The van der Waals surface area contributed by atoms with Gasteiger partial charge in [0.1, 0.15) is 11.6 Å². The number of nitrogens with one attached hydrogen (secondary N) is 1. The molecule has 1 N–H and O–H groups in total. The first-order chi connectivity index (χ1) is 10.1. The number of aryl methyl sites for hydroxylation is 1. The summed E-state index contributed by atoms with van der Waals surface area (Å²) in [6.07, 6.45) is 2.67. The van der Waals surface area contributed by atoms with Crippen LogP contribution in [0.3, 0.4) is 0 Å². The second-order valence-corrected chi connectivity index (χ2v) is 6.06. The van der Waals surface area contributed by atoms with Crippen LogP contribution in [-0.2, 0) is 4.79 Å². The van der Waals surface area contributed by atoms with Crippen molar-refractivity contribution in [2.75, 3.05) is 18.4 Å². The lowest BCUT2D eigenvalue weighted by Gasteiger charge is -2.14. The van der Waals surface area contributed by atoms with Gasteiger partial charge < -0.3 is 10.2 Å². The molecule has 6 nitrogen and oxygen atoms in total. The Bertz CT molecular complexity index is 643. The molecule has 1 amide bonds. The van der Waals surface area contributed by atoms with E-state index in [9.17, 15) is 4.79 Å². The van der Waals surface area contributed by atoms with Gasteiger partial charge in [0, 0.05) is 49.3 Å². The number of likely N-dealkylation sites (tertiary alicyclic amines) is 1. The van der Waals surface area contributed by atoms with Crippen LogP contribution in [0, 0.1) is 6.92 Å². The number of amides is 1. The van der Waals surface area contributed by atoms with Gasteiger partial charge >= 0.3 is 0 Å². The van der Waals surface area contributed by atoms with Gasteiger partial charge in [0.25, 0.3) is 0 Å². The number of rotatable bonds is 3. The van der Waals surface area contributed by atoms with Gasteiger partial charge in [-0.25, -0.2) is 15.0 Å². The van der Waals surface area contributed by atoms with E-state index in [1.54, 1.807) is 13.1 Å². The Kier molecular flexibility index (Phi) is 3.83. The van der Waals surface area contributed by atoms with Crippen LogP contribution >= 0.6 is 11.3 Å². The molecule has 0 spiro atoms. The fourth-order valence-electron chi connectivity index (χ4n) is 2.49. The van der Waals surface area contributed by atoms with E-state index in [2.05, 4.69) is 20.3 Å². The predicted octanol–water partition coefficient (Wildman–Crippen LogP) is 2.32. The van der Waals surface area contributed by atoms with Crippen LogP contribution in [0.1, 0.15) is 30.8 Å². The van der Waals surface area contributed by atoms with Crippen LogP contribution in [0.5, 0.6) is 0 Å². The number of aromatic nitrogens is 3. The molecule has 1 aliphatic rings. The molecule has 0 aromatic carbocycles. The van der Waals surface area contributed by atoms with E-state index in [1.165, 1.54) is 11.3 Å². The minimum Gasteiger partial charge on any atom is -0.342 e. The van der Waals surface area contributed by atoms with Crippen molar-refractivity contribution in [1.29, 1.82) is 0 Å². The van der Waals surface area contributed by atoms with E-state index in [0.717, 1.165) is 35.4 Å². The largest absolute Gasteiger partial charge is 0.342 e. The first-order valence-electron chi connectivity index (χ1n) is 6.89. The summed E-state index contributed by atoms with van der Waals surface area (Å²) >= 11 is 1.53. The molecule has 2 aromatic heterocycles. The molecular weight excluding hydrogens is 286 g/mol. The molecule has 1 unspecified atom stereocenters. The van der Waals surface area contributed by atoms with Crippen LogP contribution in [0.4, 0.5) is 10.9 Å². The van der Waals surface area contributed by atoms with E-state index in [-0.39, 0.29) is 11.8 Å². The minimum absolute atomic E-state index is 0.117. The minimum atomic E-state index is 0.117.